The van der Waals surface area contributed by atoms with Crippen LogP contribution in [0.4, 0.5) is 11.4 Å². The molecule has 0 aromatic heterocycles. The minimum atomic E-state index is -0.507. The molecule has 1 N–H and O–H groups in total. The van der Waals surface area contributed by atoms with Crippen molar-refractivity contribution in [1.29, 1.82) is 0 Å². The van der Waals surface area contributed by atoms with Gasteiger partial charge in [-0.05, 0) is 31.5 Å². The quantitative estimate of drug-likeness (QED) is 0.685. The number of amides is 1. The second kappa shape index (κ2) is 5.93. The Kier molecular flexibility index (Phi) is 4.23. The highest BCUT2D eigenvalue weighted by atomic mass is 35.5. The molecule has 2 aromatic rings. The normalized spacial score (nSPS) is 10.2. The topological polar surface area (TPSA) is 72.2 Å². The molecule has 5 nitrogen and oxygen atoms in total. The lowest BCUT2D eigenvalue weighted by molar-refractivity contribution is -0.385. The van der Waals surface area contributed by atoms with Crippen LogP contribution in [-0.4, -0.2) is 10.8 Å². The van der Waals surface area contributed by atoms with Crippen molar-refractivity contribution in [2.24, 2.45) is 0 Å². The van der Waals surface area contributed by atoms with Crippen LogP contribution in [0.15, 0.2) is 36.4 Å². The highest BCUT2D eigenvalue weighted by Gasteiger charge is 2.19. The van der Waals surface area contributed by atoms with E-state index in [1.807, 2.05) is 13.0 Å². The largest absolute Gasteiger partial charge is 0.320 e. The smallest absolute Gasteiger partial charge is 0.273 e. The first-order valence-electron chi connectivity index (χ1n) is 6.22. The second-order valence-corrected chi connectivity index (χ2v) is 5.00. The number of nitro benzene ring substituents is 1. The van der Waals surface area contributed by atoms with E-state index in [0.29, 0.717) is 16.3 Å². The lowest BCUT2D eigenvalue weighted by Gasteiger charge is -2.11. The van der Waals surface area contributed by atoms with Crippen molar-refractivity contribution in [2.75, 3.05) is 5.32 Å². The molecular weight excluding hydrogens is 292 g/mol. The third kappa shape index (κ3) is 3.03. The van der Waals surface area contributed by atoms with Crippen LogP contribution in [0.25, 0.3) is 0 Å². The summed E-state index contributed by atoms with van der Waals surface area (Å²) in [5, 5.41) is 14.0. The Morgan fingerprint density at radius 1 is 1.19 bits per heavy atom. The van der Waals surface area contributed by atoms with Crippen molar-refractivity contribution in [3.63, 3.8) is 0 Å². The number of nitrogens with one attached hydrogen (secondary N) is 1. The van der Waals surface area contributed by atoms with Crippen LogP contribution in [0.3, 0.4) is 0 Å². The summed E-state index contributed by atoms with van der Waals surface area (Å²) in [6, 6.07) is 9.68. The zero-order valence-electron chi connectivity index (χ0n) is 11.5. The Bertz CT molecular complexity index is 709. The van der Waals surface area contributed by atoms with Gasteiger partial charge in [0, 0.05) is 17.2 Å². The molecule has 21 heavy (non-hydrogen) atoms. The van der Waals surface area contributed by atoms with Gasteiger partial charge in [0.1, 0.15) is 0 Å². The van der Waals surface area contributed by atoms with Crippen LogP contribution < -0.4 is 5.32 Å². The molecule has 0 aliphatic rings. The van der Waals surface area contributed by atoms with Gasteiger partial charge < -0.3 is 5.32 Å². The molecule has 2 rings (SSSR count). The summed E-state index contributed by atoms with van der Waals surface area (Å²) in [5.74, 6) is -0.424. The molecule has 0 atom stereocenters. The molecule has 0 spiro atoms. The van der Waals surface area contributed by atoms with Gasteiger partial charge in [-0.25, -0.2) is 0 Å². The number of para-hydroxylation sites is 1. The first kappa shape index (κ1) is 15.0. The Hall–Kier alpha value is -2.40. The van der Waals surface area contributed by atoms with Gasteiger partial charge in [0.25, 0.3) is 11.6 Å². The van der Waals surface area contributed by atoms with E-state index in [1.165, 1.54) is 12.1 Å². The zero-order valence-corrected chi connectivity index (χ0v) is 12.3. The van der Waals surface area contributed by atoms with Crippen molar-refractivity contribution in [1.82, 2.24) is 0 Å². The predicted octanol–water partition coefficient (Wildman–Crippen LogP) is 4.12. The van der Waals surface area contributed by atoms with E-state index in [4.69, 9.17) is 11.6 Å². The van der Waals surface area contributed by atoms with E-state index in [0.717, 1.165) is 5.56 Å². The van der Waals surface area contributed by atoms with Gasteiger partial charge in [0.15, 0.2) is 0 Å². The van der Waals surface area contributed by atoms with Gasteiger partial charge >= 0.3 is 0 Å². The maximum atomic E-state index is 12.3. The Morgan fingerprint density at radius 2 is 1.86 bits per heavy atom. The molecule has 0 radical (unpaired) electrons. The number of hydrogen-bond acceptors (Lipinski definition) is 3. The van der Waals surface area contributed by atoms with E-state index in [1.54, 1.807) is 25.1 Å². The molecular formula is C15H13ClN2O3. The highest BCUT2D eigenvalue weighted by Crippen LogP contribution is 2.27. The Morgan fingerprint density at radius 3 is 2.48 bits per heavy atom. The summed E-state index contributed by atoms with van der Waals surface area (Å²) in [6.07, 6.45) is 0. The van der Waals surface area contributed by atoms with E-state index < -0.39 is 10.8 Å². The molecule has 0 aliphatic carbocycles. The fourth-order valence-corrected chi connectivity index (χ4v) is 2.31. The summed E-state index contributed by atoms with van der Waals surface area (Å²) in [6.45, 7) is 3.37. The lowest BCUT2D eigenvalue weighted by atomic mass is 10.1. The van der Waals surface area contributed by atoms with E-state index in [2.05, 4.69) is 5.32 Å². The van der Waals surface area contributed by atoms with Gasteiger partial charge in [-0.2, -0.15) is 0 Å². The van der Waals surface area contributed by atoms with Crippen molar-refractivity contribution < 1.29 is 9.72 Å². The molecule has 0 bridgehead atoms. The second-order valence-electron chi connectivity index (χ2n) is 4.59. The number of nitrogens with zero attached hydrogens (tertiary/aromatic N) is 1. The number of anilines is 1. The molecule has 6 heteroatoms. The summed E-state index contributed by atoms with van der Waals surface area (Å²) >= 11 is 6.06. The standard InChI is InChI=1S/C15H13ClN2O3/c1-9-5-3-7-12(16)14(9)17-15(19)11-6-4-8-13(10(11)2)18(20)21/h3-8H,1-2H3,(H,17,19). The fraction of sp³-hybridized carbons (Fsp3) is 0.133. The number of benzene rings is 2. The number of hydrogen-bond donors (Lipinski definition) is 1. The highest BCUT2D eigenvalue weighted by molar-refractivity contribution is 6.34. The van der Waals surface area contributed by atoms with Crippen LogP contribution in [-0.2, 0) is 0 Å². The third-order valence-electron chi connectivity index (χ3n) is 3.21. The van der Waals surface area contributed by atoms with Crippen molar-refractivity contribution >= 4 is 28.9 Å². The number of halogens is 1. The van der Waals surface area contributed by atoms with Gasteiger partial charge in [0.2, 0.25) is 0 Å². The maximum Gasteiger partial charge on any atom is 0.273 e. The maximum absolute atomic E-state index is 12.3. The first-order valence-corrected chi connectivity index (χ1v) is 6.60. The van der Waals surface area contributed by atoms with Crippen molar-refractivity contribution in [3.05, 3.63) is 68.2 Å². The monoisotopic (exact) mass is 304 g/mol. The minimum absolute atomic E-state index is 0.0847. The minimum Gasteiger partial charge on any atom is -0.320 e. The zero-order chi connectivity index (χ0) is 15.6. The fourth-order valence-electron chi connectivity index (χ4n) is 2.04. The Balaban J connectivity index is 2.38. The average Bonchev–Trinajstić information content (AvgIpc) is 2.42. The average molecular weight is 305 g/mol. The Labute approximate surface area is 126 Å². The van der Waals surface area contributed by atoms with E-state index in [-0.39, 0.29) is 11.3 Å². The molecule has 1 amide bonds. The summed E-state index contributed by atoms with van der Waals surface area (Å²) in [7, 11) is 0. The number of rotatable bonds is 3. The molecule has 0 saturated heterocycles. The summed E-state index contributed by atoms with van der Waals surface area (Å²) < 4.78 is 0. The summed E-state index contributed by atoms with van der Waals surface area (Å²) in [5.41, 5.74) is 1.82. The number of aryl methyl sites for hydroxylation is 1. The summed E-state index contributed by atoms with van der Waals surface area (Å²) in [4.78, 5) is 22.7. The predicted molar refractivity (Wildman–Crippen MR) is 82.0 cm³/mol. The molecule has 2 aromatic carbocycles. The number of nitro groups is 1. The number of carbonyl (C=O) groups is 1. The van der Waals surface area contributed by atoms with Crippen LogP contribution in [0, 0.1) is 24.0 Å². The van der Waals surface area contributed by atoms with Crippen molar-refractivity contribution in [2.45, 2.75) is 13.8 Å². The van der Waals surface area contributed by atoms with Crippen LogP contribution in [0.5, 0.6) is 0 Å². The third-order valence-corrected chi connectivity index (χ3v) is 3.52. The van der Waals surface area contributed by atoms with Crippen LogP contribution in [0.1, 0.15) is 21.5 Å². The molecule has 0 unspecified atom stereocenters. The molecule has 0 heterocycles. The van der Waals surface area contributed by atoms with Crippen LogP contribution >= 0.6 is 11.6 Å². The van der Waals surface area contributed by atoms with E-state index in [9.17, 15) is 14.9 Å². The molecule has 0 fully saturated rings. The molecule has 0 saturated carbocycles. The van der Waals surface area contributed by atoms with E-state index >= 15 is 0 Å². The van der Waals surface area contributed by atoms with Gasteiger partial charge in [-0.3, -0.25) is 14.9 Å². The molecule has 108 valence electrons. The van der Waals surface area contributed by atoms with Gasteiger partial charge in [-0.1, -0.05) is 29.8 Å². The first-order chi connectivity index (χ1) is 9.91. The lowest BCUT2D eigenvalue weighted by Crippen LogP contribution is -2.15. The molecule has 0 aliphatic heterocycles. The number of carbonyl (C=O) groups excluding carboxylic acids is 1. The van der Waals surface area contributed by atoms with Crippen molar-refractivity contribution in [3.8, 4) is 0 Å². The van der Waals surface area contributed by atoms with Gasteiger partial charge in [-0.15, -0.1) is 0 Å². The van der Waals surface area contributed by atoms with Crippen LogP contribution in [0.2, 0.25) is 5.02 Å². The van der Waals surface area contributed by atoms with Gasteiger partial charge in [0.05, 0.1) is 15.6 Å². The SMILES string of the molecule is Cc1cccc(Cl)c1NC(=O)c1cccc([N+](=O)[O-])c1C.